The lowest BCUT2D eigenvalue weighted by molar-refractivity contribution is 0.101. The van der Waals surface area contributed by atoms with Gasteiger partial charge in [0.2, 0.25) is 0 Å². The van der Waals surface area contributed by atoms with E-state index < -0.39 is 0 Å². The minimum atomic E-state index is -0.364. The van der Waals surface area contributed by atoms with Gasteiger partial charge in [0, 0.05) is 28.0 Å². The molecule has 7 heteroatoms. The fourth-order valence-corrected chi connectivity index (χ4v) is 2.82. The van der Waals surface area contributed by atoms with Gasteiger partial charge in [-0.1, -0.05) is 29.8 Å². The van der Waals surface area contributed by atoms with Gasteiger partial charge in [0.15, 0.2) is 5.78 Å². The Kier molecular flexibility index (Phi) is 5.70. The number of aryl methyl sites for hydroxylation is 1. The lowest BCUT2D eigenvalue weighted by atomic mass is 10.1. The van der Waals surface area contributed by atoms with Crippen molar-refractivity contribution in [2.75, 3.05) is 10.6 Å². The van der Waals surface area contributed by atoms with Gasteiger partial charge in [-0.3, -0.25) is 9.59 Å². The summed E-state index contributed by atoms with van der Waals surface area (Å²) in [6.45, 7) is 5.05. The maximum atomic E-state index is 12.7. The Labute approximate surface area is 168 Å². The summed E-state index contributed by atoms with van der Waals surface area (Å²) < 4.78 is 0. The Balaban J connectivity index is 1.85. The Morgan fingerprint density at radius 1 is 1.00 bits per heavy atom. The molecule has 0 bridgehead atoms. The zero-order valence-corrected chi connectivity index (χ0v) is 16.5. The highest BCUT2D eigenvalue weighted by Gasteiger charge is 2.13. The molecule has 1 aromatic heterocycles. The summed E-state index contributed by atoms with van der Waals surface area (Å²) in [6.07, 6.45) is 0. The van der Waals surface area contributed by atoms with Crippen LogP contribution < -0.4 is 10.6 Å². The minimum absolute atomic E-state index is 0.0283. The fourth-order valence-electron chi connectivity index (χ4n) is 2.64. The van der Waals surface area contributed by atoms with E-state index in [2.05, 4.69) is 20.6 Å². The third kappa shape index (κ3) is 4.53. The number of benzene rings is 2. The van der Waals surface area contributed by atoms with E-state index in [1.165, 1.54) is 6.92 Å². The van der Waals surface area contributed by atoms with Crippen molar-refractivity contribution in [2.45, 2.75) is 20.8 Å². The van der Waals surface area contributed by atoms with Gasteiger partial charge in [-0.05, 0) is 50.6 Å². The van der Waals surface area contributed by atoms with Gasteiger partial charge in [0.1, 0.15) is 17.3 Å². The van der Waals surface area contributed by atoms with Gasteiger partial charge in [-0.25, -0.2) is 9.97 Å². The van der Waals surface area contributed by atoms with Gasteiger partial charge in [0.05, 0.1) is 0 Å². The first kappa shape index (κ1) is 19.5. The second-order valence-electron chi connectivity index (χ2n) is 6.31. The van der Waals surface area contributed by atoms with Crippen molar-refractivity contribution in [3.8, 4) is 0 Å². The van der Waals surface area contributed by atoms with Crippen LogP contribution in [0.15, 0.2) is 48.5 Å². The number of halogens is 1. The van der Waals surface area contributed by atoms with Gasteiger partial charge in [0.25, 0.3) is 5.91 Å². The van der Waals surface area contributed by atoms with E-state index in [9.17, 15) is 9.59 Å². The lowest BCUT2D eigenvalue weighted by Crippen LogP contribution is -2.16. The average molecular weight is 395 g/mol. The summed E-state index contributed by atoms with van der Waals surface area (Å²) in [4.78, 5) is 32.8. The standard InChI is InChI=1S/C21H19ClN4O2/c1-12-17(22)8-5-9-18(12)26-21(28)19-11-20(24-14(3)23-19)25-16-7-4-6-15(10-16)13(2)27/h4-11H,1-3H3,(H,26,28)(H,23,24,25). The molecule has 0 aliphatic heterocycles. The van der Waals surface area contributed by atoms with Crippen LogP contribution in [-0.4, -0.2) is 21.7 Å². The van der Waals surface area contributed by atoms with Crippen LogP contribution in [-0.2, 0) is 0 Å². The number of hydrogen-bond donors (Lipinski definition) is 2. The topological polar surface area (TPSA) is 84.0 Å². The van der Waals surface area contributed by atoms with E-state index >= 15 is 0 Å². The molecular weight excluding hydrogens is 376 g/mol. The molecule has 0 fully saturated rings. The second kappa shape index (κ2) is 8.19. The SMILES string of the molecule is CC(=O)c1cccc(Nc2cc(C(=O)Nc3cccc(Cl)c3C)nc(C)n2)c1. The summed E-state index contributed by atoms with van der Waals surface area (Å²) >= 11 is 6.11. The van der Waals surface area contributed by atoms with E-state index in [1.54, 1.807) is 49.4 Å². The van der Waals surface area contributed by atoms with E-state index in [0.717, 1.165) is 5.56 Å². The molecule has 0 aliphatic rings. The number of rotatable bonds is 5. The quantitative estimate of drug-likeness (QED) is 0.598. The molecule has 0 aliphatic carbocycles. The number of Topliss-reactive ketones (excluding diaryl/α,β-unsaturated/α-hetero) is 1. The predicted octanol–water partition coefficient (Wildman–Crippen LogP) is 4.95. The third-order valence-corrected chi connectivity index (χ3v) is 4.54. The van der Waals surface area contributed by atoms with Crippen LogP contribution in [0, 0.1) is 13.8 Å². The molecule has 2 aromatic carbocycles. The van der Waals surface area contributed by atoms with Crippen LogP contribution in [0.2, 0.25) is 5.02 Å². The van der Waals surface area contributed by atoms with Crippen molar-refractivity contribution >= 4 is 40.5 Å². The minimum Gasteiger partial charge on any atom is -0.340 e. The Morgan fingerprint density at radius 3 is 2.50 bits per heavy atom. The van der Waals surface area contributed by atoms with Crippen LogP contribution in [0.1, 0.15) is 39.2 Å². The molecule has 1 amide bonds. The van der Waals surface area contributed by atoms with E-state index in [-0.39, 0.29) is 17.4 Å². The van der Waals surface area contributed by atoms with Gasteiger partial charge in [-0.15, -0.1) is 0 Å². The number of ketones is 1. The van der Waals surface area contributed by atoms with Crippen LogP contribution in [0.5, 0.6) is 0 Å². The van der Waals surface area contributed by atoms with Gasteiger partial charge < -0.3 is 10.6 Å². The summed E-state index contributed by atoms with van der Waals surface area (Å²) in [6, 6.07) is 13.9. The fraction of sp³-hybridized carbons (Fsp3) is 0.143. The van der Waals surface area contributed by atoms with Crippen molar-refractivity contribution < 1.29 is 9.59 Å². The van der Waals surface area contributed by atoms with Crippen LogP contribution in [0.25, 0.3) is 0 Å². The molecule has 28 heavy (non-hydrogen) atoms. The number of carbonyl (C=O) groups is 2. The normalized spacial score (nSPS) is 10.4. The van der Waals surface area contributed by atoms with Crippen molar-refractivity contribution in [1.29, 1.82) is 0 Å². The number of carbonyl (C=O) groups excluding carboxylic acids is 2. The van der Waals surface area contributed by atoms with E-state index in [1.807, 2.05) is 13.0 Å². The zero-order valence-electron chi connectivity index (χ0n) is 15.7. The number of nitrogens with zero attached hydrogens (tertiary/aromatic N) is 2. The van der Waals surface area contributed by atoms with E-state index in [4.69, 9.17) is 11.6 Å². The average Bonchev–Trinajstić information content (AvgIpc) is 2.65. The highest BCUT2D eigenvalue weighted by atomic mass is 35.5. The largest absolute Gasteiger partial charge is 0.340 e. The van der Waals surface area contributed by atoms with Crippen LogP contribution in [0.3, 0.4) is 0 Å². The number of hydrogen-bond acceptors (Lipinski definition) is 5. The molecule has 142 valence electrons. The van der Waals surface area contributed by atoms with Gasteiger partial charge in [-0.2, -0.15) is 0 Å². The third-order valence-electron chi connectivity index (χ3n) is 4.13. The maximum absolute atomic E-state index is 12.7. The molecule has 6 nitrogen and oxygen atoms in total. The van der Waals surface area contributed by atoms with Crippen molar-refractivity contribution in [1.82, 2.24) is 9.97 Å². The highest BCUT2D eigenvalue weighted by Crippen LogP contribution is 2.24. The number of nitrogens with one attached hydrogen (secondary N) is 2. The van der Waals surface area contributed by atoms with Crippen LogP contribution in [0.4, 0.5) is 17.2 Å². The number of anilines is 3. The van der Waals surface area contributed by atoms with Gasteiger partial charge >= 0.3 is 0 Å². The first-order valence-electron chi connectivity index (χ1n) is 8.63. The monoisotopic (exact) mass is 394 g/mol. The van der Waals surface area contributed by atoms with Crippen LogP contribution >= 0.6 is 11.6 Å². The Morgan fingerprint density at radius 2 is 1.75 bits per heavy atom. The predicted molar refractivity (Wildman–Crippen MR) is 111 cm³/mol. The molecular formula is C21H19ClN4O2. The Bertz CT molecular complexity index is 1070. The number of aromatic nitrogens is 2. The van der Waals surface area contributed by atoms with Crippen molar-refractivity contribution in [2.24, 2.45) is 0 Å². The summed E-state index contributed by atoms with van der Waals surface area (Å²) in [7, 11) is 0. The van der Waals surface area contributed by atoms with Crippen molar-refractivity contribution in [3.63, 3.8) is 0 Å². The molecule has 3 aromatic rings. The molecule has 0 saturated heterocycles. The smallest absolute Gasteiger partial charge is 0.274 e. The summed E-state index contributed by atoms with van der Waals surface area (Å²) in [5, 5.41) is 6.51. The molecule has 0 unspecified atom stereocenters. The molecule has 0 radical (unpaired) electrons. The molecule has 0 atom stereocenters. The summed E-state index contributed by atoms with van der Waals surface area (Å²) in [5.74, 6) is 0.512. The molecule has 2 N–H and O–H groups in total. The molecule has 1 heterocycles. The Hall–Kier alpha value is -3.25. The first-order chi connectivity index (χ1) is 13.3. The maximum Gasteiger partial charge on any atom is 0.274 e. The zero-order chi connectivity index (χ0) is 20.3. The lowest BCUT2D eigenvalue weighted by Gasteiger charge is -2.11. The van der Waals surface area contributed by atoms with Crippen molar-refractivity contribution in [3.05, 3.63) is 76.2 Å². The van der Waals surface area contributed by atoms with E-state index in [0.29, 0.717) is 33.6 Å². The summed E-state index contributed by atoms with van der Waals surface area (Å²) in [5.41, 5.74) is 2.91. The number of amides is 1. The first-order valence-corrected chi connectivity index (χ1v) is 9.01. The molecule has 0 spiro atoms. The highest BCUT2D eigenvalue weighted by molar-refractivity contribution is 6.31. The molecule has 3 rings (SSSR count). The second-order valence-corrected chi connectivity index (χ2v) is 6.72. The molecule has 0 saturated carbocycles.